The molecule has 0 bridgehead atoms. The summed E-state index contributed by atoms with van der Waals surface area (Å²) < 4.78 is 0. The second kappa shape index (κ2) is 6.46. The highest BCUT2D eigenvalue weighted by molar-refractivity contribution is 6.34. The quantitative estimate of drug-likeness (QED) is 0.767. The van der Waals surface area contributed by atoms with Gasteiger partial charge in [0.05, 0.1) is 16.3 Å². The average Bonchev–Trinajstić information content (AvgIpc) is 2.56. The van der Waals surface area contributed by atoms with Crippen LogP contribution in [0.5, 0.6) is 0 Å². The number of nitrogens with one attached hydrogen (secondary N) is 1. The zero-order chi connectivity index (χ0) is 16.2. The molecule has 0 aliphatic rings. The van der Waals surface area contributed by atoms with Crippen molar-refractivity contribution in [1.29, 1.82) is 0 Å². The molecule has 0 aliphatic heterocycles. The predicted octanol–water partition coefficient (Wildman–Crippen LogP) is 3.64. The second-order valence-corrected chi connectivity index (χ2v) is 5.22. The maximum atomic E-state index is 11.2. The number of anilines is 2. The van der Waals surface area contributed by atoms with Gasteiger partial charge in [-0.25, -0.2) is 9.97 Å². The fraction of sp³-hybridized carbons (Fsp3) is 0. The first kappa shape index (κ1) is 15.0. The van der Waals surface area contributed by atoms with E-state index in [-0.39, 0.29) is 10.6 Å². The van der Waals surface area contributed by atoms with Crippen LogP contribution in [0, 0.1) is 0 Å². The zero-order valence-electron chi connectivity index (χ0n) is 12.0. The molecule has 2 aromatic carbocycles. The molecule has 0 saturated heterocycles. The van der Waals surface area contributed by atoms with Gasteiger partial charge < -0.3 is 11.1 Å². The Labute approximate surface area is 138 Å². The van der Waals surface area contributed by atoms with E-state index >= 15 is 0 Å². The van der Waals surface area contributed by atoms with Crippen molar-refractivity contribution in [2.75, 3.05) is 5.32 Å². The molecule has 0 unspecified atom stereocenters. The van der Waals surface area contributed by atoms with Crippen LogP contribution in [-0.4, -0.2) is 15.9 Å². The maximum absolute atomic E-state index is 11.2. The topological polar surface area (TPSA) is 80.9 Å². The highest BCUT2D eigenvalue weighted by Gasteiger charge is 2.08. The highest BCUT2D eigenvalue weighted by atomic mass is 35.5. The monoisotopic (exact) mass is 324 g/mol. The van der Waals surface area contributed by atoms with Crippen LogP contribution >= 0.6 is 11.6 Å². The van der Waals surface area contributed by atoms with Crippen LogP contribution in [0.2, 0.25) is 5.02 Å². The minimum Gasteiger partial charge on any atom is -0.366 e. The Morgan fingerprint density at radius 2 is 1.87 bits per heavy atom. The molecule has 0 radical (unpaired) electrons. The molecule has 1 amide bonds. The van der Waals surface area contributed by atoms with E-state index in [0.29, 0.717) is 11.6 Å². The normalized spacial score (nSPS) is 10.3. The van der Waals surface area contributed by atoms with Crippen LogP contribution < -0.4 is 11.1 Å². The van der Waals surface area contributed by atoms with E-state index in [2.05, 4.69) is 15.3 Å². The summed E-state index contributed by atoms with van der Waals surface area (Å²) in [7, 11) is 0. The van der Waals surface area contributed by atoms with Crippen molar-refractivity contribution in [1.82, 2.24) is 9.97 Å². The molecular weight excluding hydrogens is 312 g/mol. The van der Waals surface area contributed by atoms with E-state index in [4.69, 9.17) is 17.3 Å². The molecule has 3 rings (SSSR count). The zero-order valence-corrected chi connectivity index (χ0v) is 12.8. The van der Waals surface area contributed by atoms with Crippen LogP contribution in [0.4, 0.5) is 11.6 Å². The molecule has 0 atom stereocenters. The lowest BCUT2D eigenvalue weighted by molar-refractivity contribution is 0.100. The minimum atomic E-state index is -0.566. The Bertz CT molecular complexity index is 852. The average molecular weight is 325 g/mol. The number of hydrogen-bond donors (Lipinski definition) is 2. The first-order valence-electron chi connectivity index (χ1n) is 6.88. The lowest BCUT2D eigenvalue weighted by atomic mass is 10.1. The van der Waals surface area contributed by atoms with E-state index in [1.54, 1.807) is 24.4 Å². The molecule has 114 valence electrons. The number of nitrogens with zero attached hydrogens (tertiary/aromatic N) is 2. The summed E-state index contributed by atoms with van der Waals surface area (Å²) in [6.07, 6.45) is 1.68. The summed E-state index contributed by atoms with van der Waals surface area (Å²) in [6.45, 7) is 0. The third-order valence-corrected chi connectivity index (χ3v) is 3.53. The molecule has 0 spiro atoms. The largest absolute Gasteiger partial charge is 0.366 e. The number of hydrogen-bond acceptors (Lipinski definition) is 4. The molecule has 3 aromatic rings. The predicted molar refractivity (Wildman–Crippen MR) is 90.7 cm³/mol. The summed E-state index contributed by atoms with van der Waals surface area (Å²) in [6, 6.07) is 16.5. The summed E-state index contributed by atoms with van der Waals surface area (Å²) in [5.41, 5.74) is 7.99. The molecule has 1 aromatic heterocycles. The molecule has 6 heteroatoms. The van der Waals surface area contributed by atoms with Crippen molar-refractivity contribution in [3.63, 3.8) is 0 Å². The van der Waals surface area contributed by atoms with Crippen molar-refractivity contribution >= 4 is 29.1 Å². The van der Waals surface area contributed by atoms with Crippen molar-refractivity contribution in [3.8, 4) is 11.3 Å². The Kier molecular flexibility index (Phi) is 4.21. The lowest BCUT2D eigenvalue weighted by Crippen LogP contribution is -2.11. The van der Waals surface area contributed by atoms with E-state index in [1.165, 1.54) is 0 Å². The van der Waals surface area contributed by atoms with Crippen molar-refractivity contribution in [2.45, 2.75) is 0 Å². The van der Waals surface area contributed by atoms with Gasteiger partial charge in [-0.15, -0.1) is 0 Å². The Morgan fingerprint density at radius 3 is 2.57 bits per heavy atom. The van der Waals surface area contributed by atoms with Crippen LogP contribution in [0.15, 0.2) is 60.8 Å². The number of carbonyl (C=O) groups excluding carboxylic acids is 1. The minimum absolute atomic E-state index is 0.274. The summed E-state index contributed by atoms with van der Waals surface area (Å²) in [5, 5.41) is 3.34. The molecule has 3 N–H and O–H groups in total. The number of amides is 1. The van der Waals surface area contributed by atoms with Gasteiger partial charge in [-0.05, 0) is 24.3 Å². The SMILES string of the molecule is NC(=O)c1ccc(Nc2nccc(-c3ccccc3)n2)cc1Cl. The Morgan fingerprint density at radius 1 is 1.09 bits per heavy atom. The third-order valence-electron chi connectivity index (χ3n) is 3.22. The molecule has 23 heavy (non-hydrogen) atoms. The van der Waals surface area contributed by atoms with Gasteiger partial charge in [-0.1, -0.05) is 41.9 Å². The van der Waals surface area contributed by atoms with Gasteiger partial charge in [0, 0.05) is 17.4 Å². The molecule has 0 aliphatic carbocycles. The lowest BCUT2D eigenvalue weighted by Gasteiger charge is -2.08. The van der Waals surface area contributed by atoms with Crippen LogP contribution in [0.1, 0.15) is 10.4 Å². The van der Waals surface area contributed by atoms with Gasteiger partial charge in [-0.3, -0.25) is 4.79 Å². The first-order chi connectivity index (χ1) is 11.1. The number of benzene rings is 2. The highest BCUT2D eigenvalue weighted by Crippen LogP contribution is 2.23. The number of halogens is 1. The number of aromatic nitrogens is 2. The van der Waals surface area contributed by atoms with E-state index in [0.717, 1.165) is 11.3 Å². The standard InChI is InChI=1S/C17H13ClN4O/c18-14-10-12(6-7-13(14)16(19)23)21-17-20-9-8-15(22-17)11-4-2-1-3-5-11/h1-10H,(H2,19,23)(H,20,21,22). The van der Waals surface area contributed by atoms with E-state index < -0.39 is 5.91 Å². The van der Waals surface area contributed by atoms with Crippen LogP contribution in [0.3, 0.4) is 0 Å². The number of nitrogens with two attached hydrogens (primary N) is 1. The molecule has 0 fully saturated rings. The third kappa shape index (κ3) is 3.46. The first-order valence-corrected chi connectivity index (χ1v) is 7.26. The Balaban J connectivity index is 1.86. The van der Waals surface area contributed by atoms with Gasteiger partial charge in [-0.2, -0.15) is 0 Å². The fourth-order valence-electron chi connectivity index (χ4n) is 2.11. The van der Waals surface area contributed by atoms with Crippen LogP contribution in [0.25, 0.3) is 11.3 Å². The second-order valence-electron chi connectivity index (χ2n) is 4.82. The fourth-order valence-corrected chi connectivity index (χ4v) is 2.38. The van der Waals surface area contributed by atoms with Gasteiger partial charge in [0.15, 0.2) is 0 Å². The van der Waals surface area contributed by atoms with Crippen molar-refractivity contribution < 1.29 is 4.79 Å². The summed E-state index contributed by atoms with van der Waals surface area (Å²) in [5.74, 6) is -0.127. The van der Waals surface area contributed by atoms with Gasteiger partial charge in [0.2, 0.25) is 11.9 Å². The van der Waals surface area contributed by atoms with Gasteiger partial charge >= 0.3 is 0 Å². The molecular formula is C17H13ClN4O. The number of rotatable bonds is 4. The smallest absolute Gasteiger partial charge is 0.250 e. The van der Waals surface area contributed by atoms with Gasteiger partial charge in [0.1, 0.15) is 0 Å². The number of primary amides is 1. The van der Waals surface area contributed by atoms with Crippen molar-refractivity contribution in [3.05, 3.63) is 71.4 Å². The van der Waals surface area contributed by atoms with Crippen LogP contribution in [-0.2, 0) is 0 Å². The number of carbonyl (C=O) groups is 1. The summed E-state index contributed by atoms with van der Waals surface area (Å²) >= 11 is 6.04. The van der Waals surface area contributed by atoms with E-state index in [1.807, 2.05) is 36.4 Å². The maximum Gasteiger partial charge on any atom is 0.250 e. The van der Waals surface area contributed by atoms with E-state index in [9.17, 15) is 4.79 Å². The summed E-state index contributed by atoms with van der Waals surface area (Å²) in [4.78, 5) is 19.8. The Hall–Kier alpha value is -2.92. The van der Waals surface area contributed by atoms with Gasteiger partial charge in [0.25, 0.3) is 0 Å². The molecule has 1 heterocycles. The molecule has 0 saturated carbocycles. The van der Waals surface area contributed by atoms with Crippen molar-refractivity contribution in [2.24, 2.45) is 5.73 Å². The molecule has 5 nitrogen and oxygen atoms in total.